The van der Waals surface area contributed by atoms with E-state index in [1.165, 1.54) is 9.36 Å². The lowest BCUT2D eigenvalue weighted by molar-refractivity contribution is 0.302. The van der Waals surface area contributed by atoms with Crippen LogP contribution in [0.5, 0.6) is 5.75 Å². The van der Waals surface area contributed by atoms with Crippen molar-refractivity contribution in [2.75, 3.05) is 0 Å². The summed E-state index contributed by atoms with van der Waals surface area (Å²) in [5.74, 6) is 0.765. The maximum atomic E-state index is 12.3. The average Bonchev–Trinajstić information content (AvgIpc) is 3.27. The van der Waals surface area contributed by atoms with Crippen molar-refractivity contribution in [3.8, 4) is 17.1 Å². The van der Waals surface area contributed by atoms with Crippen molar-refractivity contribution in [3.63, 3.8) is 0 Å². The first-order chi connectivity index (χ1) is 13.9. The van der Waals surface area contributed by atoms with E-state index < -0.39 is 0 Å². The molecule has 0 amide bonds. The van der Waals surface area contributed by atoms with Gasteiger partial charge in [0.05, 0.1) is 22.0 Å². The van der Waals surface area contributed by atoms with Crippen molar-refractivity contribution in [1.82, 2.24) is 29.6 Å². The van der Waals surface area contributed by atoms with Crippen molar-refractivity contribution in [2.45, 2.75) is 20.5 Å². The summed E-state index contributed by atoms with van der Waals surface area (Å²) >= 11 is 3.41. The monoisotopic (exact) mass is 454 g/mol. The van der Waals surface area contributed by atoms with E-state index in [1.807, 2.05) is 56.4 Å². The van der Waals surface area contributed by atoms with Gasteiger partial charge in [0.1, 0.15) is 12.4 Å². The van der Waals surface area contributed by atoms with Gasteiger partial charge in [0.25, 0.3) is 0 Å². The fourth-order valence-electron chi connectivity index (χ4n) is 3.07. The molecule has 8 nitrogen and oxygen atoms in total. The minimum absolute atomic E-state index is 0.303. The number of benzene rings is 2. The molecule has 4 aromatic rings. The van der Waals surface area contributed by atoms with Crippen molar-refractivity contribution < 1.29 is 4.74 Å². The zero-order chi connectivity index (χ0) is 20.5. The van der Waals surface area contributed by atoms with Crippen LogP contribution in [-0.4, -0.2) is 29.6 Å². The van der Waals surface area contributed by atoms with Gasteiger partial charge in [-0.3, -0.25) is 0 Å². The highest BCUT2D eigenvalue weighted by molar-refractivity contribution is 9.10. The Labute approximate surface area is 175 Å². The minimum Gasteiger partial charge on any atom is -0.489 e. The normalized spacial score (nSPS) is 11.0. The van der Waals surface area contributed by atoms with Crippen molar-refractivity contribution in [2.24, 2.45) is 7.05 Å². The van der Waals surface area contributed by atoms with Crippen LogP contribution in [0, 0.1) is 13.8 Å². The molecule has 0 spiro atoms. The average molecular weight is 455 g/mol. The van der Waals surface area contributed by atoms with Gasteiger partial charge in [0.15, 0.2) is 0 Å². The van der Waals surface area contributed by atoms with Gasteiger partial charge in [0, 0.05) is 18.8 Å². The SMILES string of the molecule is Cc1cc(-n2cc(Br)cn2)ccc1OCc1c(C)cccc1-n1nnn(C)c1=O. The lowest BCUT2D eigenvalue weighted by Crippen LogP contribution is -2.23. The molecule has 0 bridgehead atoms. The van der Waals surface area contributed by atoms with Gasteiger partial charge < -0.3 is 4.74 Å². The van der Waals surface area contributed by atoms with E-state index in [9.17, 15) is 4.79 Å². The maximum absolute atomic E-state index is 12.3. The van der Waals surface area contributed by atoms with Crippen LogP contribution in [0.4, 0.5) is 0 Å². The summed E-state index contributed by atoms with van der Waals surface area (Å²) in [5.41, 5.74) is 4.19. The molecule has 0 aliphatic heterocycles. The Morgan fingerprint density at radius 3 is 2.59 bits per heavy atom. The Kier molecular flexibility index (Phi) is 5.06. The summed E-state index contributed by atoms with van der Waals surface area (Å²) in [7, 11) is 1.57. The Morgan fingerprint density at radius 2 is 1.93 bits per heavy atom. The third-order valence-corrected chi connectivity index (χ3v) is 5.09. The third kappa shape index (κ3) is 3.73. The van der Waals surface area contributed by atoms with E-state index in [4.69, 9.17) is 4.74 Å². The number of halogens is 1. The standard InChI is InChI=1S/C20H19BrN6O2/c1-13-5-4-6-18(27-20(28)25(3)23-24-27)17(13)12-29-19-8-7-16(9-14(19)2)26-11-15(21)10-22-26/h4-11H,12H2,1-3H3. The van der Waals surface area contributed by atoms with Crippen molar-refractivity contribution in [1.29, 1.82) is 0 Å². The fraction of sp³-hybridized carbons (Fsp3) is 0.200. The molecule has 2 aromatic heterocycles. The quantitative estimate of drug-likeness (QED) is 0.462. The first-order valence-electron chi connectivity index (χ1n) is 8.96. The zero-order valence-corrected chi connectivity index (χ0v) is 17.8. The number of hydrogen-bond donors (Lipinski definition) is 0. The Balaban J connectivity index is 1.61. The summed E-state index contributed by atoms with van der Waals surface area (Å²) in [6, 6.07) is 11.6. The maximum Gasteiger partial charge on any atom is 0.368 e. The van der Waals surface area contributed by atoms with Crippen LogP contribution in [0.15, 0.2) is 58.1 Å². The summed E-state index contributed by atoms with van der Waals surface area (Å²) in [4.78, 5) is 12.3. The largest absolute Gasteiger partial charge is 0.489 e. The highest BCUT2D eigenvalue weighted by atomic mass is 79.9. The van der Waals surface area contributed by atoms with E-state index in [-0.39, 0.29) is 5.69 Å². The molecule has 2 heterocycles. The van der Waals surface area contributed by atoms with Crippen molar-refractivity contribution >= 4 is 15.9 Å². The number of tetrazole rings is 1. The van der Waals surface area contributed by atoms with E-state index >= 15 is 0 Å². The number of ether oxygens (including phenoxy) is 1. The van der Waals surface area contributed by atoms with E-state index in [0.717, 1.165) is 32.6 Å². The van der Waals surface area contributed by atoms with Crippen molar-refractivity contribution in [3.05, 3.63) is 80.4 Å². The predicted molar refractivity (Wildman–Crippen MR) is 112 cm³/mol. The van der Waals surface area contributed by atoms with Crippen LogP contribution in [0.2, 0.25) is 0 Å². The second-order valence-electron chi connectivity index (χ2n) is 6.71. The summed E-state index contributed by atoms with van der Waals surface area (Å²) < 4.78 is 11.3. The molecular weight excluding hydrogens is 436 g/mol. The highest BCUT2D eigenvalue weighted by Crippen LogP contribution is 2.25. The molecule has 0 N–H and O–H groups in total. The topological polar surface area (TPSA) is 79.8 Å². The van der Waals surface area contributed by atoms with Crippen LogP contribution in [0.25, 0.3) is 11.4 Å². The van der Waals surface area contributed by atoms with Gasteiger partial charge in [-0.15, -0.1) is 0 Å². The molecule has 9 heteroatoms. The first kappa shape index (κ1) is 19.1. The third-order valence-electron chi connectivity index (χ3n) is 4.68. The molecule has 0 aliphatic carbocycles. The number of aromatic nitrogens is 6. The van der Waals surface area contributed by atoms with Gasteiger partial charge in [-0.1, -0.05) is 12.1 Å². The molecule has 0 aliphatic rings. The smallest absolute Gasteiger partial charge is 0.368 e. The van der Waals surface area contributed by atoms with Gasteiger partial charge in [-0.05, 0) is 75.6 Å². The number of hydrogen-bond acceptors (Lipinski definition) is 5. The van der Waals surface area contributed by atoms with Crippen LogP contribution < -0.4 is 10.4 Å². The lowest BCUT2D eigenvalue weighted by Gasteiger charge is -2.15. The Bertz CT molecular complexity index is 1240. The Hall–Kier alpha value is -3.20. The van der Waals surface area contributed by atoms with Gasteiger partial charge in [-0.2, -0.15) is 14.5 Å². The summed E-state index contributed by atoms with van der Waals surface area (Å²) in [6.07, 6.45) is 3.64. The molecule has 4 rings (SSSR count). The molecule has 0 saturated heterocycles. The second kappa shape index (κ2) is 7.67. The molecular formula is C20H19BrN6O2. The number of aryl methyl sites for hydroxylation is 3. The van der Waals surface area contributed by atoms with E-state index in [2.05, 4.69) is 31.5 Å². The lowest BCUT2D eigenvalue weighted by atomic mass is 10.1. The fourth-order valence-corrected chi connectivity index (χ4v) is 3.35. The zero-order valence-electron chi connectivity index (χ0n) is 16.2. The van der Waals surface area contributed by atoms with Gasteiger partial charge in [0.2, 0.25) is 0 Å². The van der Waals surface area contributed by atoms with Crippen LogP contribution in [0.1, 0.15) is 16.7 Å². The number of nitrogens with zero attached hydrogens (tertiary/aromatic N) is 6. The highest BCUT2D eigenvalue weighted by Gasteiger charge is 2.14. The van der Waals surface area contributed by atoms with E-state index in [1.54, 1.807) is 17.9 Å². The van der Waals surface area contributed by atoms with Crippen LogP contribution >= 0.6 is 15.9 Å². The second-order valence-corrected chi connectivity index (χ2v) is 7.63. The molecule has 2 aromatic carbocycles. The molecule has 148 valence electrons. The predicted octanol–water partition coefficient (Wildman–Crippen LogP) is 3.11. The summed E-state index contributed by atoms with van der Waals surface area (Å²) in [6.45, 7) is 4.27. The molecule has 0 radical (unpaired) electrons. The minimum atomic E-state index is -0.303. The molecule has 0 atom stereocenters. The Morgan fingerprint density at radius 1 is 1.10 bits per heavy atom. The van der Waals surface area contributed by atoms with Crippen LogP contribution in [0.3, 0.4) is 0 Å². The number of rotatable bonds is 5. The molecule has 29 heavy (non-hydrogen) atoms. The molecule has 0 saturated carbocycles. The summed E-state index contributed by atoms with van der Waals surface area (Å²) in [5, 5.41) is 12.1. The van der Waals surface area contributed by atoms with Gasteiger partial charge >= 0.3 is 5.69 Å². The molecule has 0 unspecified atom stereocenters. The van der Waals surface area contributed by atoms with E-state index in [0.29, 0.717) is 12.3 Å². The van der Waals surface area contributed by atoms with Gasteiger partial charge in [-0.25, -0.2) is 9.48 Å². The molecule has 0 fully saturated rings. The van der Waals surface area contributed by atoms with Crippen LogP contribution in [-0.2, 0) is 13.7 Å². The first-order valence-corrected chi connectivity index (χ1v) is 9.75.